The lowest BCUT2D eigenvalue weighted by Gasteiger charge is -2.59. The summed E-state index contributed by atoms with van der Waals surface area (Å²) >= 11 is 0. The van der Waals surface area contributed by atoms with Crippen LogP contribution in [-0.2, 0) is 9.59 Å². The molecular formula is C24H33F2N3O2. The normalized spacial score (nSPS) is 29.8. The van der Waals surface area contributed by atoms with E-state index in [2.05, 4.69) is 17.6 Å². The Balaban J connectivity index is 1.30. The summed E-state index contributed by atoms with van der Waals surface area (Å²) in [7, 11) is 0. The molecule has 2 N–H and O–H groups in total. The number of nitrogens with zero attached hydrogens (tertiary/aromatic N) is 1. The fraction of sp³-hybridized carbons (Fsp3) is 0.667. The molecule has 4 saturated carbocycles. The van der Waals surface area contributed by atoms with E-state index in [-0.39, 0.29) is 30.5 Å². The van der Waals surface area contributed by atoms with Gasteiger partial charge in [-0.15, -0.1) is 0 Å². The molecule has 2 amide bonds. The van der Waals surface area contributed by atoms with Crippen LogP contribution in [0.1, 0.15) is 52.4 Å². The zero-order valence-electron chi connectivity index (χ0n) is 18.4. The minimum atomic E-state index is -0.821. The van der Waals surface area contributed by atoms with Gasteiger partial charge in [0.15, 0.2) is 0 Å². The Morgan fingerprint density at radius 2 is 1.55 bits per heavy atom. The molecule has 4 aliphatic rings. The molecule has 0 aromatic heterocycles. The van der Waals surface area contributed by atoms with Crippen LogP contribution in [0.5, 0.6) is 0 Å². The highest BCUT2D eigenvalue weighted by Crippen LogP contribution is 2.61. The lowest BCUT2D eigenvalue weighted by molar-refractivity contribution is -0.127. The Morgan fingerprint density at radius 3 is 2.06 bits per heavy atom. The van der Waals surface area contributed by atoms with Crippen molar-refractivity contribution in [2.75, 3.05) is 25.0 Å². The molecule has 0 radical (unpaired) electrons. The molecule has 1 aromatic carbocycles. The molecule has 7 heteroatoms. The number of para-hydroxylation sites is 1. The van der Waals surface area contributed by atoms with Gasteiger partial charge in [-0.25, -0.2) is 8.78 Å². The highest BCUT2D eigenvalue weighted by Gasteiger charge is 2.53. The maximum absolute atomic E-state index is 13.8. The summed E-state index contributed by atoms with van der Waals surface area (Å²) in [5, 5.41) is 5.49. The number of hydrogen-bond acceptors (Lipinski definition) is 3. The van der Waals surface area contributed by atoms with Gasteiger partial charge >= 0.3 is 0 Å². The van der Waals surface area contributed by atoms with Crippen molar-refractivity contribution in [3.63, 3.8) is 0 Å². The van der Waals surface area contributed by atoms with Crippen molar-refractivity contribution in [3.8, 4) is 0 Å². The first kappa shape index (κ1) is 22.2. The minimum Gasteiger partial charge on any atom is -0.352 e. The third-order valence-electron chi connectivity index (χ3n) is 7.79. The van der Waals surface area contributed by atoms with Crippen molar-refractivity contribution in [1.82, 2.24) is 10.2 Å². The number of amides is 2. The highest BCUT2D eigenvalue weighted by molar-refractivity contribution is 5.92. The quantitative estimate of drug-likeness (QED) is 0.653. The Morgan fingerprint density at radius 1 is 1.03 bits per heavy atom. The molecule has 1 aromatic rings. The summed E-state index contributed by atoms with van der Waals surface area (Å²) in [6, 6.07) is 3.55. The standard InChI is InChI=1S/C24H33F2N3O2/c1-3-29(14-22(31)28-23-19(25)5-4-6-20(23)26)13-21(30)27-15(2)24-10-16-7-17(11-24)9-18(8-16)12-24/h4-6,15-18H,3,7-14H2,1-2H3,(H,27,30)(H,28,31). The molecule has 4 fully saturated rings. The largest absolute Gasteiger partial charge is 0.352 e. The minimum absolute atomic E-state index is 0.0837. The van der Waals surface area contributed by atoms with Crippen LogP contribution >= 0.6 is 0 Å². The number of hydrogen-bond donors (Lipinski definition) is 2. The van der Waals surface area contributed by atoms with E-state index in [1.807, 2.05) is 6.92 Å². The molecular weight excluding hydrogens is 400 g/mol. The van der Waals surface area contributed by atoms with Crippen molar-refractivity contribution >= 4 is 17.5 Å². The van der Waals surface area contributed by atoms with E-state index in [1.54, 1.807) is 4.90 Å². The first-order valence-electron chi connectivity index (χ1n) is 11.5. The smallest absolute Gasteiger partial charge is 0.238 e. The molecule has 4 bridgehead atoms. The number of rotatable bonds is 8. The number of carbonyl (C=O) groups is 2. The van der Waals surface area contributed by atoms with Crippen LogP contribution < -0.4 is 10.6 Å². The first-order chi connectivity index (χ1) is 14.8. The number of benzene rings is 1. The van der Waals surface area contributed by atoms with E-state index in [4.69, 9.17) is 0 Å². The number of anilines is 1. The van der Waals surface area contributed by atoms with Gasteiger partial charge in [0, 0.05) is 6.04 Å². The molecule has 0 spiro atoms. The van der Waals surface area contributed by atoms with Gasteiger partial charge in [0.25, 0.3) is 0 Å². The number of nitrogens with one attached hydrogen (secondary N) is 2. The lowest BCUT2D eigenvalue weighted by Crippen LogP contribution is -2.56. The van der Waals surface area contributed by atoms with Crippen LogP contribution in [0.2, 0.25) is 0 Å². The van der Waals surface area contributed by atoms with Crippen LogP contribution in [-0.4, -0.2) is 42.4 Å². The third kappa shape index (κ3) is 4.76. The van der Waals surface area contributed by atoms with Gasteiger partial charge in [-0.05, 0) is 87.3 Å². The molecule has 5 rings (SSSR count). The predicted molar refractivity (Wildman–Crippen MR) is 115 cm³/mol. The zero-order valence-corrected chi connectivity index (χ0v) is 18.4. The molecule has 5 nitrogen and oxygen atoms in total. The summed E-state index contributed by atoms with van der Waals surface area (Å²) in [5.41, 5.74) is -0.232. The van der Waals surface area contributed by atoms with Gasteiger partial charge in [-0.2, -0.15) is 0 Å². The van der Waals surface area contributed by atoms with Crippen molar-refractivity contribution in [1.29, 1.82) is 0 Å². The fourth-order valence-electron chi connectivity index (χ4n) is 6.63. The second-order valence-corrected chi connectivity index (χ2v) is 10.0. The van der Waals surface area contributed by atoms with Gasteiger partial charge < -0.3 is 10.6 Å². The summed E-state index contributed by atoms with van der Waals surface area (Å²) < 4.78 is 27.5. The second-order valence-electron chi connectivity index (χ2n) is 10.0. The maximum Gasteiger partial charge on any atom is 0.238 e. The van der Waals surface area contributed by atoms with E-state index >= 15 is 0 Å². The average Bonchev–Trinajstić information content (AvgIpc) is 2.69. The topological polar surface area (TPSA) is 61.4 Å². The summed E-state index contributed by atoms with van der Waals surface area (Å²) in [6.07, 6.45) is 7.74. The molecule has 4 aliphatic carbocycles. The Labute approximate surface area is 182 Å². The van der Waals surface area contributed by atoms with E-state index < -0.39 is 23.2 Å². The molecule has 0 aliphatic heterocycles. The molecule has 0 saturated heterocycles. The fourth-order valence-corrected chi connectivity index (χ4v) is 6.63. The van der Waals surface area contributed by atoms with Gasteiger partial charge in [0.1, 0.15) is 17.3 Å². The van der Waals surface area contributed by atoms with E-state index in [0.717, 1.165) is 29.9 Å². The van der Waals surface area contributed by atoms with Crippen molar-refractivity contribution < 1.29 is 18.4 Å². The Hall–Kier alpha value is -2.02. The average molecular weight is 434 g/mol. The molecule has 170 valence electrons. The van der Waals surface area contributed by atoms with Crippen LogP contribution in [0.3, 0.4) is 0 Å². The number of carbonyl (C=O) groups excluding carboxylic acids is 2. The summed E-state index contributed by atoms with van der Waals surface area (Å²) in [4.78, 5) is 26.7. The SMILES string of the molecule is CCN(CC(=O)Nc1c(F)cccc1F)CC(=O)NC(C)C12CC3CC(CC(C3)C1)C2. The molecule has 1 unspecified atom stereocenters. The van der Waals surface area contributed by atoms with Gasteiger partial charge in [-0.1, -0.05) is 13.0 Å². The first-order valence-corrected chi connectivity index (χ1v) is 11.5. The molecule has 0 heterocycles. The Bertz CT molecular complexity index is 789. The van der Waals surface area contributed by atoms with E-state index in [1.165, 1.54) is 44.6 Å². The monoisotopic (exact) mass is 433 g/mol. The van der Waals surface area contributed by atoms with Gasteiger partial charge in [0.05, 0.1) is 13.1 Å². The van der Waals surface area contributed by atoms with E-state index in [9.17, 15) is 18.4 Å². The number of likely N-dealkylation sites (N-methyl/N-ethyl adjacent to an activating group) is 1. The van der Waals surface area contributed by atoms with Gasteiger partial charge in [0.2, 0.25) is 11.8 Å². The molecule has 1 atom stereocenters. The molecule has 31 heavy (non-hydrogen) atoms. The zero-order chi connectivity index (χ0) is 22.2. The maximum atomic E-state index is 13.8. The van der Waals surface area contributed by atoms with Gasteiger partial charge in [-0.3, -0.25) is 14.5 Å². The number of halogens is 2. The van der Waals surface area contributed by atoms with Crippen molar-refractivity contribution in [2.45, 2.75) is 58.4 Å². The van der Waals surface area contributed by atoms with E-state index in [0.29, 0.717) is 6.54 Å². The predicted octanol–water partition coefficient (Wildman–Crippen LogP) is 3.95. The summed E-state index contributed by atoms with van der Waals surface area (Å²) in [6.45, 7) is 4.44. The van der Waals surface area contributed by atoms with Crippen LogP contribution in [0.4, 0.5) is 14.5 Å². The van der Waals surface area contributed by atoms with Crippen LogP contribution in [0.15, 0.2) is 18.2 Å². The van der Waals surface area contributed by atoms with Crippen molar-refractivity contribution in [3.05, 3.63) is 29.8 Å². The van der Waals surface area contributed by atoms with Crippen molar-refractivity contribution in [2.24, 2.45) is 23.2 Å². The third-order valence-corrected chi connectivity index (χ3v) is 7.79. The Kier molecular flexibility index (Phi) is 6.33. The van der Waals surface area contributed by atoms with Crippen LogP contribution in [0.25, 0.3) is 0 Å². The summed E-state index contributed by atoms with van der Waals surface area (Å²) in [5.74, 6) is 0.167. The highest BCUT2D eigenvalue weighted by atomic mass is 19.1. The van der Waals surface area contributed by atoms with Crippen LogP contribution in [0, 0.1) is 34.8 Å². The lowest BCUT2D eigenvalue weighted by atomic mass is 9.48. The second kappa shape index (κ2) is 8.85.